The molecule has 110 valence electrons. The fourth-order valence-electron chi connectivity index (χ4n) is 1.66. The summed E-state index contributed by atoms with van der Waals surface area (Å²) in [5.41, 5.74) is 0.555. The minimum atomic E-state index is -0.870. The van der Waals surface area contributed by atoms with E-state index in [2.05, 4.69) is 10.2 Å². The molecule has 1 aromatic heterocycles. The minimum Gasteiger partial charge on any atom is -0.481 e. The highest BCUT2D eigenvalue weighted by atomic mass is 16.6. The zero-order valence-corrected chi connectivity index (χ0v) is 11.2. The molecule has 0 amide bonds. The molecule has 1 heterocycles. The van der Waals surface area contributed by atoms with Gasteiger partial charge in [-0.1, -0.05) is 6.92 Å². The second-order valence-corrected chi connectivity index (χ2v) is 4.58. The first-order chi connectivity index (χ1) is 9.97. The van der Waals surface area contributed by atoms with Crippen LogP contribution < -0.4 is 0 Å². The van der Waals surface area contributed by atoms with Crippen molar-refractivity contribution in [2.75, 3.05) is 0 Å². The van der Waals surface area contributed by atoms with Crippen molar-refractivity contribution in [1.82, 2.24) is 10.2 Å². The fourth-order valence-corrected chi connectivity index (χ4v) is 1.66. The summed E-state index contributed by atoms with van der Waals surface area (Å²) in [6, 6.07) is 5.75. The smallest absolute Gasteiger partial charge is 0.306 e. The molecule has 0 spiro atoms. The molecular weight excluding hydrogens is 278 g/mol. The Labute approximate surface area is 119 Å². The lowest BCUT2D eigenvalue weighted by Gasteiger charge is -2.01. The van der Waals surface area contributed by atoms with Crippen LogP contribution in [0.1, 0.15) is 19.2 Å². The molecule has 0 radical (unpaired) electrons. The summed E-state index contributed by atoms with van der Waals surface area (Å²) in [5, 5.41) is 27.0. The maximum absolute atomic E-state index is 10.7. The predicted octanol–water partition coefficient (Wildman–Crippen LogP) is 2.30. The number of aryl methyl sites for hydroxylation is 1. The van der Waals surface area contributed by atoms with Crippen LogP contribution in [0.25, 0.3) is 11.5 Å². The van der Waals surface area contributed by atoms with Crippen LogP contribution >= 0.6 is 0 Å². The molecule has 2 aromatic rings. The molecule has 0 saturated carbocycles. The van der Waals surface area contributed by atoms with E-state index in [9.17, 15) is 14.9 Å². The van der Waals surface area contributed by atoms with Crippen molar-refractivity contribution in [3.8, 4) is 11.5 Å². The predicted molar refractivity (Wildman–Crippen MR) is 71.5 cm³/mol. The van der Waals surface area contributed by atoms with Crippen LogP contribution in [-0.4, -0.2) is 26.2 Å². The van der Waals surface area contributed by atoms with Gasteiger partial charge in [0.15, 0.2) is 0 Å². The van der Waals surface area contributed by atoms with Gasteiger partial charge in [-0.25, -0.2) is 0 Å². The summed E-state index contributed by atoms with van der Waals surface area (Å²) in [5.74, 6) is -0.760. The number of hydrogen-bond donors (Lipinski definition) is 1. The number of carboxylic acid groups (broad SMARTS) is 1. The third-order valence-electron chi connectivity index (χ3n) is 3.00. The topological polar surface area (TPSA) is 119 Å². The van der Waals surface area contributed by atoms with Crippen molar-refractivity contribution in [2.24, 2.45) is 5.92 Å². The monoisotopic (exact) mass is 291 g/mol. The Morgan fingerprint density at radius 3 is 2.62 bits per heavy atom. The highest BCUT2D eigenvalue weighted by Gasteiger charge is 2.14. The van der Waals surface area contributed by atoms with Gasteiger partial charge in [-0.15, -0.1) is 10.2 Å². The number of non-ortho nitro benzene ring substituents is 1. The molecule has 1 N–H and O–H groups in total. The molecule has 1 atom stereocenters. The lowest BCUT2D eigenvalue weighted by atomic mass is 10.1. The fraction of sp³-hybridized carbons (Fsp3) is 0.308. The largest absolute Gasteiger partial charge is 0.481 e. The van der Waals surface area contributed by atoms with Crippen LogP contribution in [-0.2, 0) is 11.2 Å². The molecule has 0 aliphatic heterocycles. The molecule has 0 aliphatic rings. The van der Waals surface area contributed by atoms with Gasteiger partial charge in [-0.2, -0.15) is 0 Å². The first-order valence-electron chi connectivity index (χ1n) is 6.27. The third-order valence-corrected chi connectivity index (χ3v) is 3.00. The molecule has 2 rings (SSSR count). The Morgan fingerprint density at radius 2 is 2.05 bits per heavy atom. The molecule has 0 saturated heterocycles. The van der Waals surface area contributed by atoms with Gasteiger partial charge in [-0.3, -0.25) is 14.9 Å². The van der Waals surface area contributed by atoms with Crippen LogP contribution in [0, 0.1) is 16.0 Å². The van der Waals surface area contributed by atoms with Gasteiger partial charge in [0, 0.05) is 24.1 Å². The van der Waals surface area contributed by atoms with Crippen molar-refractivity contribution < 1.29 is 19.2 Å². The molecule has 0 aliphatic carbocycles. The van der Waals surface area contributed by atoms with Crippen molar-refractivity contribution in [1.29, 1.82) is 0 Å². The van der Waals surface area contributed by atoms with Gasteiger partial charge < -0.3 is 9.52 Å². The zero-order valence-electron chi connectivity index (χ0n) is 11.2. The summed E-state index contributed by atoms with van der Waals surface area (Å²) < 4.78 is 5.42. The second kappa shape index (κ2) is 6.12. The van der Waals surface area contributed by atoms with Gasteiger partial charge in [0.1, 0.15) is 0 Å². The average Bonchev–Trinajstić information content (AvgIpc) is 2.93. The van der Waals surface area contributed by atoms with Crippen LogP contribution in [0.5, 0.6) is 0 Å². The van der Waals surface area contributed by atoms with E-state index < -0.39 is 16.8 Å². The second-order valence-electron chi connectivity index (χ2n) is 4.58. The van der Waals surface area contributed by atoms with Gasteiger partial charge in [0.25, 0.3) is 5.69 Å². The summed E-state index contributed by atoms with van der Waals surface area (Å²) in [4.78, 5) is 20.8. The molecule has 21 heavy (non-hydrogen) atoms. The first kappa shape index (κ1) is 14.6. The normalized spacial score (nSPS) is 12.0. The van der Waals surface area contributed by atoms with E-state index in [0.29, 0.717) is 24.3 Å². The number of nitrogens with zero attached hydrogens (tertiary/aromatic N) is 3. The van der Waals surface area contributed by atoms with Crippen LogP contribution in [0.2, 0.25) is 0 Å². The first-order valence-corrected chi connectivity index (χ1v) is 6.27. The zero-order chi connectivity index (χ0) is 15.4. The Balaban J connectivity index is 2.05. The standard InChI is InChI=1S/C13H13N3O5/c1-8(13(17)18)2-7-11-14-15-12(21-11)9-3-5-10(6-4-9)16(19)20/h3-6,8H,2,7H2,1H3,(H,17,18). The summed E-state index contributed by atoms with van der Waals surface area (Å²) in [7, 11) is 0. The van der Waals surface area contributed by atoms with E-state index in [0.717, 1.165) is 0 Å². The van der Waals surface area contributed by atoms with E-state index in [1.54, 1.807) is 6.92 Å². The molecule has 1 unspecified atom stereocenters. The van der Waals surface area contributed by atoms with Gasteiger partial charge in [-0.05, 0) is 18.6 Å². The summed E-state index contributed by atoms with van der Waals surface area (Å²) in [6.07, 6.45) is 0.769. The van der Waals surface area contributed by atoms with E-state index in [1.165, 1.54) is 24.3 Å². The van der Waals surface area contributed by atoms with Crippen molar-refractivity contribution in [3.63, 3.8) is 0 Å². The number of nitro groups is 1. The van der Waals surface area contributed by atoms with Crippen LogP contribution in [0.4, 0.5) is 5.69 Å². The van der Waals surface area contributed by atoms with Crippen LogP contribution in [0.3, 0.4) is 0 Å². The minimum absolute atomic E-state index is 0.0197. The van der Waals surface area contributed by atoms with E-state index in [1.807, 2.05) is 0 Å². The van der Waals surface area contributed by atoms with Crippen molar-refractivity contribution in [2.45, 2.75) is 19.8 Å². The number of hydrogen-bond acceptors (Lipinski definition) is 6. The van der Waals surface area contributed by atoms with Crippen molar-refractivity contribution >= 4 is 11.7 Å². The molecular formula is C13H13N3O5. The quantitative estimate of drug-likeness (QED) is 0.640. The Hall–Kier alpha value is -2.77. The van der Waals surface area contributed by atoms with E-state index >= 15 is 0 Å². The number of aliphatic carboxylic acids is 1. The molecule has 0 fully saturated rings. The van der Waals surface area contributed by atoms with Gasteiger partial charge in [0.05, 0.1) is 10.8 Å². The molecule has 8 heteroatoms. The number of aromatic nitrogens is 2. The Kier molecular flexibility index (Phi) is 4.27. The van der Waals surface area contributed by atoms with E-state index in [4.69, 9.17) is 9.52 Å². The maximum atomic E-state index is 10.7. The molecule has 8 nitrogen and oxygen atoms in total. The number of nitro benzene ring substituents is 1. The number of carboxylic acids is 1. The maximum Gasteiger partial charge on any atom is 0.306 e. The van der Waals surface area contributed by atoms with Gasteiger partial charge >= 0.3 is 5.97 Å². The highest BCUT2D eigenvalue weighted by molar-refractivity contribution is 5.69. The molecule has 0 bridgehead atoms. The summed E-state index contributed by atoms with van der Waals surface area (Å²) in [6.45, 7) is 1.61. The molecule has 1 aromatic carbocycles. The van der Waals surface area contributed by atoms with Crippen molar-refractivity contribution in [3.05, 3.63) is 40.3 Å². The number of carbonyl (C=O) groups is 1. The summed E-state index contributed by atoms with van der Waals surface area (Å²) >= 11 is 0. The van der Waals surface area contributed by atoms with Crippen LogP contribution in [0.15, 0.2) is 28.7 Å². The Bertz CT molecular complexity index is 650. The van der Waals surface area contributed by atoms with E-state index in [-0.39, 0.29) is 11.6 Å². The third kappa shape index (κ3) is 3.62. The Morgan fingerprint density at radius 1 is 1.38 bits per heavy atom. The SMILES string of the molecule is CC(CCc1nnc(-c2ccc([N+](=O)[O-])cc2)o1)C(=O)O. The number of benzene rings is 1. The lowest BCUT2D eigenvalue weighted by Crippen LogP contribution is -2.10. The average molecular weight is 291 g/mol. The number of rotatable bonds is 6. The van der Waals surface area contributed by atoms with Gasteiger partial charge in [0.2, 0.25) is 11.8 Å². The highest BCUT2D eigenvalue weighted by Crippen LogP contribution is 2.21. The lowest BCUT2D eigenvalue weighted by molar-refractivity contribution is -0.384.